The molecule has 3 fully saturated rings. The Labute approximate surface area is 168 Å². The summed E-state index contributed by atoms with van der Waals surface area (Å²) >= 11 is 0. The summed E-state index contributed by atoms with van der Waals surface area (Å²) in [7, 11) is 1.36. The van der Waals surface area contributed by atoms with E-state index < -0.39 is 5.97 Å². The van der Waals surface area contributed by atoms with Crippen molar-refractivity contribution in [3.05, 3.63) is 11.1 Å². The van der Waals surface area contributed by atoms with E-state index in [1.807, 2.05) is 0 Å². The Morgan fingerprint density at radius 1 is 1.00 bits per heavy atom. The molecule has 0 spiro atoms. The largest absolute Gasteiger partial charge is 0.466 e. The molecule has 0 aromatic heterocycles. The van der Waals surface area contributed by atoms with Gasteiger partial charge < -0.3 is 9.47 Å². The molecule has 5 atom stereocenters. The average Bonchev–Trinajstić information content (AvgIpc) is 2.87. The fourth-order valence-electron chi connectivity index (χ4n) is 7.19. The minimum atomic E-state index is -0.406. The van der Waals surface area contributed by atoms with Crippen molar-refractivity contribution in [1.82, 2.24) is 0 Å². The lowest BCUT2D eigenvalue weighted by Gasteiger charge is -2.62. The minimum absolute atomic E-state index is 0.0268. The zero-order chi connectivity index (χ0) is 21.1. The van der Waals surface area contributed by atoms with Crippen molar-refractivity contribution in [3.63, 3.8) is 0 Å². The number of hydrogen-bond donors (Lipinski definition) is 0. The number of ketones is 1. The Morgan fingerprint density at radius 2 is 1.64 bits per heavy atom. The second-order valence-corrected chi connectivity index (χ2v) is 10.1. The maximum absolute atomic E-state index is 13.1. The first kappa shape index (κ1) is 21.1. The minimum Gasteiger partial charge on any atom is -0.466 e. The zero-order valence-electron chi connectivity index (χ0n) is 18.3. The van der Waals surface area contributed by atoms with Gasteiger partial charge in [0.1, 0.15) is 6.10 Å². The van der Waals surface area contributed by atoms with Gasteiger partial charge in [-0.05, 0) is 49.9 Å². The van der Waals surface area contributed by atoms with Gasteiger partial charge in [-0.15, -0.1) is 0 Å². The van der Waals surface area contributed by atoms with E-state index in [1.54, 1.807) is 6.92 Å². The van der Waals surface area contributed by atoms with Crippen LogP contribution < -0.4 is 0 Å². The van der Waals surface area contributed by atoms with Gasteiger partial charge in [0.05, 0.1) is 7.11 Å². The van der Waals surface area contributed by atoms with E-state index in [1.165, 1.54) is 14.0 Å². The fourth-order valence-corrected chi connectivity index (χ4v) is 7.19. The predicted octanol–water partition coefficient (Wildman–Crippen LogP) is 4.24. The number of Topliss-reactive ketones (excluding diaryl/α,β-unsaturated/α-hetero) is 1. The number of hydrogen-bond acceptors (Lipinski definition) is 5. The third-order valence-electron chi connectivity index (χ3n) is 8.40. The van der Waals surface area contributed by atoms with Gasteiger partial charge in [-0.3, -0.25) is 9.59 Å². The monoisotopic (exact) mass is 390 g/mol. The van der Waals surface area contributed by atoms with Crippen LogP contribution in [-0.2, 0) is 23.9 Å². The summed E-state index contributed by atoms with van der Waals surface area (Å²) in [6.45, 7) is 12.1. The molecule has 0 radical (unpaired) electrons. The van der Waals surface area contributed by atoms with E-state index in [4.69, 9.17) is 9.47 Å². The zero-order valence-corrected chi connectivity index (χ0v) is 18.3. The Balaban J connectivity index is 2.02. The number of fused-ring (bicyclic) bond motifs is 3. The highest BCUT2D eigenvalue weighted by atomic mass is 16.5. The number of carbonyl (C=O) groups excluding carboxylic acids is 3. The Hall–Kier alpha value is -1.65. The van der Waals surface area contributed by atoms with Gasteiger partial charge in [0, 0.05) is 35.3 Å². The van der Waals surface area contributed by atoms with Gasteiger partial charge in [0.2, 0.25) is 0 Å². The number of methoxy groups -OCH3 is 1. The second-order valence-electron chi connectivity index (χ2n) is 10.1. The maximum atomic E-state index is 13.1. The second kappa shape index (κ2) is 6.70. The van der Waals surface area contributed by atoms with E-state index >= 15 is 0 Å². The number of allylic oxidation sites excluding steroid dienone is 1. The highest BCUT2D eigenvalue weighted by Gasteiger charge is 2.65. The van der Waals surface area contributed by atoms with Crippen LogP contribution in [0.15, 0.2) is 11.1 Å². The van der Waals surface area contributed by atoms with E-state index in [-0.39, 0.29) is 40.0 Å². The molecule has 0 aromatic rings. The molecule has 156 valence electrons. The summed E-state index contributed by atoms with van der Waals surface area (Å²) < 4.78 is 10.6. The normalized spacial score (nSPS) is 41.0. The van der Waals surface area contributed by atoms with Gasteiger partial charge >= 0.3 is 11.9 Å². The molecule has 5 nitrogen and oxygen atoms in total. The van der Waals surface area contributed by atoms with E-state index in [0.717, 1.165) is 25.7 Å². The quantitative estimate of drug-likeness (QED) is 0.521. The SMILES string of the molecule is COC(=O)/C(C)=C1\C(=O)C[C@H]2[C@@]3(C)CC[C@H](OC(C)=O)C(C)(C)[C@@H]3CC[C@]12C. The first-order valence-electron chi connectivity index (χ1n) is 10.4. The lowest BCUT2D eigenvalue weighted by atomic mass is 9.43. The topological polar surface area (TPSA) is 69.7 Å². The molecule has 28 heavy (non-hydrogen) atoms. The predicted molar refractivity (Wildman–Crippen MR) is 105 cm³/mol. The molecule has 3 aliphatic rings. The van der Waals surface area contributed by atoms with Crippen molar-refractivity contribution in [2.75, 3.05) is 7.11 Å². The van der Waals surface area contributed by atoms with Crippen LogP contribution in [0, 0.1) is 28.1 Å². The molecule has 3 saturated carbocycles. The van der Waals surface area contributed by atoms with E-state index in [2.05, 4.69) is 27.7 Å². The van der Waals surface area contributed by atoms with Gasteiger partial charge in [0.15, 0.2) is 5.78 Å². The van der Waals surface area contributed by atoms with Crippen LogP contribution in [0.5, 0.6) is 0 Å². The molecule has 5 heteroatoms. The number of carbonyl (C=O) groups is 3. The van der Waals surface area contributed by atoms with Crippen LogP contribution >= 0.6 is 0 Å². The molecule has 0 saturated heterocycles. The molecule has 0 bridgehead atoms. The molecule has 0 heterocycles. The molecular weight excluding hydrogens is 356 g/mol. The van der Waals surface area contributed by atoms with Gasteiger partial charge in [-0.25, -0.2) is 4.79 Å². The van der Waals surface area contributed by atoms with Crippen molar-refractivity contribution in [1.29, 1.82) is 0 Å². The van der Waals surface area contributed by atoms with Crippen molar-refractivity contribution in [2.24, 2.45) is 28.1 Å². The third kappa shape index (κ3) is 2.84. The van der Waals surface area contributed by atoms with Crippen molar-refractivity contribution in [3.8, 4) is 0 Å². The highest BCUT2D eigenvalue weighted by molar-refractivity contribution is 6.06. The summed E-state index contributed by atoms with van der Waals surface area (Å²) in [5.74, 6) is 0.0195. The fraction of sp³-hybridized carbons (Fsp3) is 0.783. The third-order valence-corrected chi connectivity index (χ3v) is 8.40. The number of esters is 2. The Bertz CT molecular complexity index is 748. The molecular formula is C23H34O5. The maximum Gasteiger partial charge on any atom is 0.333 e. The molecule has 3 rings (SSSR count). The van der Waals surface area contributed by atoms with E-state index in [0.29, 0.717) is 23.5 Å². The number of rotatable bonds is 2. The van der Waals surface area contributed by atoms with Gasteiger partial charge in [-0.2, -0.15) is 0 Å². The van der Waals surface area contributed by atoms with Crippen LogP contribution in [0.3, 0.4) is 0 Å². The van der Waals surface area contributed by atoms with Crippen LogP contribution in [0.4, 0.5) is 0 Å². The van der Waals surface area contributed by atoms with Crippen LogP contribution in [0.25, 0.3) is 0 Å². The van der Waals surface area contributed by atoms with Crippen LogP contribution in [-0.4, -0.2) is 30.9 Å². The van der Waals surface area contributed by atoms with Crippen molar-refractivity contribution >= 4 is 17.7 Å². The average molecular weight is 391 g/mol. The smallest absolute Gasteiger partial charge is 0.333 e. The van der Waals surface area contributed by atoms with Crippen LogP contribution in [0.2, 0.25) is 0 Å². The first-order valence-corrected chi connectivity index (χ1v) is 10.4. The standard InChI is InChI=1S/C23H34O5/c1-13(20(26)27-7)19-15(25)12-17-22(5)11-9-18(28-14(2)24)21(3,4)16(22)8-10-23(17,19)6/h16-18H,8-12H2,1-7H3/b19-13+/t16-,17-,18-,22-,23-/m0/s1. The summed E-state index contributed by atoms with van der Waals surface area (Å²) in [6, 6.07) is 0. The van der Waals surface area contributed by atoms with Gasteiger partial charge in [0.25, 0.3) is 0 Å². The van der Waals surface area contributed by atoms with E-state index in [9.17, 15) is 14.4 Å². The summed E-state index contributed by atoms with van der Waals surface area (Å²) in [4.78, 5) is 36.9. The molecule has 0 N–H and O–H groups in total. The number of ether oxygens (including phenoxy) is 2. The van der Waals surface area contributed by atoms with Gasteiger partial charge in [-0.1, -0.05) is 27.7 Å². The van der Waals surface area contributed by atoms with Crippen LogP contribution in [0.1, 0.15) is 73.6 Å². The lowest BCUT2D eigenvalue weighted by Crippen LogP contribution is -2.58. The first-order chi connectivity index (χ1) is 12.9. The molecule has 0 aromatic carbocycles. The summed E-state index contributed by atoms with van der Waals surface area (Å²) in [5, 5.41) is 0. The highest BCUT2D eigenvalue weighted by Crippen LogP contribution is 2.69. The van der Waals surface area contributed by atoms with Crippen molar-refractivity contribution in [2.45, 2.75) is 79.8 Å². The molecule has 3 aliphatic carbocycles. The lowest BCUT2D eigenvalue weighted by molar-refractivity contribution is -0.185. The van der Waals surface area contributed by atoms with Crippen molar-refractivity contribution < 1.29 is 23.9 Å². The molecule has 0 unspecified atom stereocenters. The molecule has 0 amide bonds. The summed E-state index contributed by atoms with van der Waals surface area (Å²) in [5.41, 5.74) is 0.676. The summed E-state index contributed by atoms with van der Waals surface area (Å²) in [6.07, 6.45) is 3.97. The Morgan fingerprint density at radius 3 is 2.21 bits per heavy atom. The molecule has 0 aliphatic heterocycles. The Kier molecular flexibility index (Phi) is 5.04.